The van der Waals surface area contributed by atoms with Crippen molar-refractivity contribution in [1.29, 1.82) is 10.5 Å². The van der Waals surface area contributed by atoms with Crippen LogP contribution in [-0.2, 0) is 0 Å². The Hall–Kier alpha value is -6.26. The Bertz CT molecular complexity index is 1900. The van der Waals surface area contributed by atoms with E-state index in [0.29, 0.717) is 11.1 Å². The first-order valence-electron chi connectivity index (χ1n) is 13.7. The van der Waals surface area contributed by atoms with E-state index in [1.807, 2.05) is 62.4 Å². The van der Waals surface area contributed by atoms with Crippen molar-refractivity contribution in [1.82, 2.24) is 19.9 Å². The van der Waals surface area contributed by atoms with Crippen molar-refractivity contribution in [3.05, 3.63) is 144 Å². The number of rotatable bonds is 4. The number of halogens is 4. The first-order valence-corrected chi connectivity index (χ1v) is 13.7. The fourth-order valence-corrected chi connectivity index (χ4v) is 4.55. The van der Waals surface area contributed by atoms with E-state index in [9.17, 15) is 17.6 Å². The molecular weight excluding hydrogens is 592 g/mol. The topological polar surface area (TPSA) is 99.1 Å². The Balaban J connectivity index is 0.000000181. The normalized spacial score (nSPS) is 10.3. The standard InChI is InChI=1S/2C18H11F2N3/c2*1-11-2-4-12(5-3-11)13-6-15(19)18(16(20)7-13)14-9-22-17(8-21)23-10-14/h2*2-7,9-10H,1H3. The molecule has 10 heteroatoms. The lowest BCUT2D eigenvalue weighted by Crippen LogP contribution is -1.95. The molecule has 0 atom stereocenters. The molecule has 0 aliphatic carbocycles. The van der Waals surface area contributed by atoms with Crippen molar-refractivity contribution < 1.29 is 17.6 Å². The predicted octanol–water partition coefficient (Wildman–Crippen LogP) is 8.54. The van der Waals surface area contributed by atoms with Gasteiger partial charge in [0.25, 0.3) is 0 Å². The molecular formula is C36H22F4N6. The van der Waals surface area contributed by atoms with Gasteiger partial charge in [0.05, 0.1) is 11.1 Å². The van der Waals surface area contributed by atoms with E-state index in [-0.39, 0.29) is 33.9 Å². The van der Waals surface area contributed by atoms with E-state index in [1.165, 1.54) is 49.1 Å². The van der Waals surface area contributed by atoms with Gasteiger partial charge in [0, 0.05) is 35.9 Å². The highest BCUT2D eigenvalue weighted by Gasteiger charge is 2.16. The van der Waals surface area contributed by atoms with Gasteiger partial charge in [-0.25, -0.2) is 37.5 Å². The summed E-state index contributed by atoms with van der Waals surface area (Å²) in [6.07, 6.45) is 4.94. The van der Waals surface area contributed by atoms with Gasteiger partial charge in [-0.05, 0) is 60.4 Å². The number of hydrogen-bond donors (Lipinski definition) is 0. The molecule has 0 saturated heterocycles. The lowest BCUT2D eigenvalue weighted by Gasteiger charge is -2.08. The fourth-order valence-electron chi connectivity index (χ4n) is 4.55. The van der Waals surface area contributed by atoms with Crippen LogP contribution in [0.15, 0.2) is 97.6 Å². The lowest BCUT2D eigenvalue weighted by atomic mass is 9.99. The molecule has 46 heavy (non-hydrogen) atoms. The quantitative estimate of drug-likeness (QED) is 0.185. The second kappa shape index (κ2) is 13.6. The smallest absolute Gasteiger partial charge is 0.227 e. The third-order valence-corrected chi connectivity index (χ3v) is 6.94. The number of nitrogens with zero attached hydrogens (tertiary/aromatic N) is 6. The van der Waals surface area contributed by atoms with Crippen LogP contribution in [0.3, 0.4) is 0 Å². The van der Waals surface area contributed by atoms with E-state index < -0.39 is 23.3 Å². The minimum absolute atomic E-state index is 0.0501. The average molecular weight is 615 g/mol. The summed E-state index contributed by atoms with van der Waals surface area (Å²) in [5.74, 6) is -2.90. The molecule has 0 radical (unpaired) electrons. The largest absolute Gasteiger partial charge is 0.232 e. The SMILES string of the molecule is Cc1ccc(-c2cc(F)c(-c3cnc(C#N)nc3)c(F)c2)cc1.Cc1ccc(-c2cc(F)c(-c3cnc(C#N)nc3)c(F)c2)cc1. The molecule has 0 N–H and O–H groups in total. The first-order chi connectivity index (χ1) is 22.2. The molecule has 0 aliphatic heterocycles. The monoisotopic (exact) mass is 614 g/mol. The summed E-state index contributed by atoms with van der Waals surface area (Å²) in [4.78, 5) is 15.0. The zero-order valence-electron chi connectivity index (χ0n) is 24.4. The van der Waals surface area contributed by atoms with Gasteiger partial charge in [-0.15, -0.1) is 0 Å². The highest BCUT2D eigenvalue weighted by molar-refractivity contribution is 5.72. The molecule has 224 valence electrons. The second-order valence-electron chi connectivity index (χ2n) is 10.2. The zero-order valence-corrected chi connectivity index (χ0v) is 24.4. The van der Waals surface area contributed by atoms with Crippen LogP contribution in [0, 0.1) is 59.8 Å². The van der Waals surface area contributed by atoms with Crippen molar-refractivity contribution in [2.24, 2.45) is 0 Å². The number of aromatic nitrogens is 4. The van der Waals surface area contributed by atoms with Gasteiger partial charge in [-0.2, -0.15) is 10.5 Å². The molecule has 2 aromatic heterocycles. The number of aryl methyl sites for hydroxylation is 2. The Morgan fingerprint density at radius 1 is 0.435 bits per heavy atom. The van der Waals surface area contributed by atoms with Crippen LogP contribution in [-0.4, -0.2) is 19.9 Å². The van der Waals surface area contributed by atoms with Crippen molar-refractivity contribution >= 4 is 0 Å². The maximum absolute atomic E-state index is 14.4. The van der Waals surface area contributed by atoms with Gasteiger partial charge in [0.2, 0.25) is 11.6 Å². The third kappa shape index (κ3) is 6.93. The van der Waals surface area contributed by atoms with Crippen LogP contribution < -0.4 is 0 Å². The van der Waals surface area contributed by atoms with Crippen LogP contribution in [0.1, 0.15) is 22.8 Å². The number of nitriles is 2. The molecule has 6 aromatic rings. The highest BCUT2D eigenvalue weighted by atomic mass is 19.1. The summed E-state index contributed by atoms with van der Waals surface area (Å²) in [5.41, 5.74) is 4.49. The van der Waals surface area contributed by atoms with Crippen molar-refractivity contribution in [2.75, 3.05) is 0 Å². The minimum Gasteiger partial charge on any atom is -0.227 e. The van der Waals surface area contributed by atoms with Crippen molar-refractivity contribution in [2.45, 2.75) is 13.8 Å². The Morgan fingerprint density at radius 2 is 0.717 bits per heavy atom. The van der Waals surface area contributed by atoms with Gasteiger partial charge in [0.1, 0.15) is 35.4 Å². The molecule has 0 bridgehead atoms. The van der Waals surface area contributed by atoms with Crippen molar-refractivity contribution in [3.63, 3.8) is 0 Å². The Kier molecular flexibility index (Phi) is 9.20. The van der Waals surface area contributed by atoms with Crippen LogP contribution in [0.4, 0.5) is 17.6 Å². The summed E-state index contributed by atoms with van der Waals surface area (Å²) in [7, 11) is 0. The van der Waals surface area contributed by atoms with Crippen LogP contribution in [0.25, 0.3) is 44.5 Å². The van der Waals surface area contributed by atoms with Gasteiger partial charge in [-0.3, -0.25) is 0 Å². The Morgan fingerprint density at radius 3 is 0.978 bits per heavy atom. The predicted molar refractivity (Wildman–Crippen MR) is 165 cm³/mol. The highest BCUT2D eigenvalue weighted by Crippen LogP contribution is 2.32. The summed E-state index contributed by atoms with van der Waals surface area (Å²) in [5, 5.41) is 17.3. The summed E-state index contributed by atoms with van der Waals surface area (Å²) in [6.45, 7) is 3.89. The molecule has 0 aliphatic rings. The summed E-state index contributed by atoms with van der Waals surface area (Å²) >= 11 is 0. The van der Waals surface area contributed by atoms with E-state index in [1.54, 1.807) is 12.1 Å². The average Bonchev–Trinajstić information content (AvgIpc) is 3.05. The van der Waals surface area contributed by atoms with Gasteiger partial charge in [0.15, 0.2) is 0 Å². The molecule has 6 nitrogen and oxygen atoms in total. The maximum Gasteiger partial charge on any atom is 0.232 e. The van der Waals surface area contributed by atoms with E-state index >= 15 is 0 Å². The maximum atomic E-state index is 14.4. The van der Waals surface area contributed by atoms with Crippen molar-refractivity contribution in [3.8, 4) is 56.6 Å². The molecule has 0 fully saturated rings. The molecule has 0 spiro atoms. The molecule has 2 heterocycles. The molecule has 6 rings (SSSR count). The third-order valence-electron chi connectivity index (χ3n) is 6.94. The van der Waals surface area contributed by atoms with Gasteiger partial charge < -0.3 is 0 Å². The molecule has 0 amide bonds. The van der Waals surface area contributed by atoms with Gasteiger partial charge in [-0.1, -0.05) is 59.7 Å². The molecule has 0 saturated carbocycles. The number of hydrogen-bond acceptors (Lipinski definition) is 6. The zero-order chi connectivity index (χ0) is 32.8. The minimum atomic E-state index is -0.700. The summed E-state index contributed by atoms with van der Waals surface area (Å²) < 4.78 is 57.5. The van der Waals surface area contributed by atoms with Crippen LogP contribution in [0.5, 0.6) is 0 Å². The van der Waals surface area contributed by atoms with E-state index in [0.717, 1.165) is 22.3 Å². The lowest BCUT2D eigenvalue weighted by molar-refractivity contribution is 0.589. The molecule has 0 unspecified atom stereocenters. The fraction of sp³-hybridized carbons (Fsp3) is 0.0556. The second-order valence-corrected chi connectivity index (χ2v) is 10.2. The van der Waals surface area contributed by atoms with E-state index in [2.05, 4.69) is 19.9 Å². The van der Waals surface area contributed by atoms with Crippen LogP contribution >= 0.6 is 0 Å². The van der Waals surface area contributed by atoms with Crippen LogP contribution in [0.2, 0.25) is 0 Å². The van der Waals surface area contributed by atoms with E-state index in [4.69, 9.17) is 10.5 Å². The van der Waals surface area contributed by atoms with Gasteiger partial charge >= 0.3 is 0 Å². The first kappa shape index (κ1) is 31.2. The Labute approximate surface area is 262 Å². The molecule has 4 aromatic carbocycles. The summed E-state index contributed by atoms with van der Waals surface area (Å²) in [6, 6.07) is 23.4. The number of benzene rings is 4.